The fourth-order valence-corrected chi connectivity index (χ4v) is 5.04. The number of hydrogen-bond donors (Lipinski definition) is 4. The van der Waals surface area contributed by atoms with Gasteiger partial charge in [-0.1, -0.05) is 55.4 Å². The summed E-state index contributed by atoms with van der Waals surface area (Å²) < 4.78 is 0. The number of nitrogens with zero attached hydrogens (tertiary/aromatic N) is 4. The number of nitrogens with one attached hydrogen (secondary N) is 4. The highest BCUT2D eigenvalue weighted by Crippen LogP contribution is 2.15. The minimum absolute atomic E-state index is 0.397. The Morgan fingerprint density at radius 1 is 0.475 bits per heavy atom. The smallest absolute Gasteiger partial charge is 0.222 e. The minimum atomic E-state index is 0.397. The van der Waals surface area contributed by atoms with Crippen molar-refractivity contribution in [2.24, 2.45) is 23.7 Å². The molecule has 2 rings (SSSR count). The van der Waals surface area contributed by atoms with E-state index in [0.717, 1.165) is 43.0 Å². The van der Waals surface area contributed by atoms with E-state index in [1.165, 1.54) is 0 Å². The molecule has 2 heterocycles. The normalized spacial score (nSPS) is 14.4. The summed E-state index contributed by atoms with van der Waals surface area (Å²) in [4.78, 5) is 8.75. The van der Waals surface area contributed by atoms with Gasteiger partial charge in [0.15, 0.2) is 0 Å². The van der Waals surface area contributed by atoms with Gasteiger partial charge in [0, 0.05) is 24.2 Å². The lowest BCUT2D eigenvalue weighted by Gasteiger charge is -2.18. The van der Waals surface area contributed by atoms with Gasteiger partial charge in [0.2, 0.25) is 5.95 Å². The lowest BCUT2D eigenvalue weighted by atomic mass is 10.1. The maximum Gasteiger partial charge on any atom is 0.222 e. The van der Waals surface area contributed by atoms with Crippen molar-refractivity contribution in [3.63, 3.8) is 0 Å². The van der Waals surface area contributed by atoms with Crippen LogP contribution in [0.5, 0.6) is 0 Å². The van der Waals surface area contributed by atoms with Gasteiger partial charge in [-0.15, -0.1) is 10.2 Å². The molecule has 0 aromatic carbocycles. The lowest BCUT2D eigenvalue weighted by molar-refractivity contribution is 0.536. The van der Waals surface area contributed by atoms with Gasteiger partial charge in [0.25, 0.3) is 0 Å². The Balaban J connectivity index is 0.000000400. The molecule has 8 nitrogen and oxygen atoms in total. The number of anilines is 4. The second-order valence-corrected chi connectivity index (χ2v) is 13.3. The van der Waals surface area contributed by atoms with E-state index in [2.05, 4.69) is 125 Å². The summed E-state index contributed by atoms with van der Waals surface area (Å²) in [6, 6.07) is 5.67. The van der Waals surface area contributed by atoms with Gasteiger partial charge in [0.1, 0.15) is 11.6 Å². The third-order valence-corrected chi connectivity index (χ3v) is 6.19. The number of rotatable bonds is 16. The van der Waals surface area contributed by atoms with Gasteiger partial charge in [-0.05, 0) is 89.2 Å². The molecular formula is C32H60N8. The molecule has 0 saturated carbocycles. The monoisotopic (exact) mass is 556 g/mol. The van der Waals surface area contributed by atoms with E-state index in [4.69, 9.17) is 0 Å². The zero-order chi connectivity index (χ0) is 30.2. The van der Waals surface area contributed by atoms with Crippen molar-refractivity contribution >= 4 is 23.3 Å². The lowest BCUT2D eigenvalue weighted by Crippen LogP contribution is -2.20. The van der Waals surface area contributed by atoms with Crippen LogP contribution in [-0.4, -0.2) is 44.3 Å². The van der Waals surface area contributed by atoms with Crippen LogP contribution in [0.4, 0.5) is 23.3 Å². The Kier molecular flexibility index (Phi) is 16.5. The average molecular weight is 557 g/mol. The van der Waals surface area contributed by atoms with Gasteiger partial charge >= 0.3 is 0 Å². The first kappa shape index (κ1) is 35.4. The number of hydrogen-bond acceptors (Lipinski definition) is 8. The van der Waals surface area contributed by atoms with Crippen molar-refractivity contribution in [3.05, 3.63) is 24.5 Å². The van der Waals surface area contributed by atoms with Crippen molar-refractivity contribution in [2.45, 2.75) is 133 Å². The number of aromatic nitrogens is 4. The summed E-state index contributed by atoms with van der Waals surface area (Å²) in [6.45, 7) is 26.5. The van der Waals surface area contributed by atoms with Crippen LogP contribution in [0.25, 0.3) is 0 Å². The minimum Gasteiger partial charge on any atom is -0.380 e. The Bertz CT molecular complexity index is 747. The van der Waals surface area contributed by atoms with Gasteiger partial charge in [-0.25, -0.2) is 9.97 Å². The quantitative estimate of drug-likeness (QED) is 0.164. The predicted molar refractivity (Wildman–Crippen MR) is 174 cm³/mol. The van der Waals surface area contributed by atoms with E-state index in [1.54, 1.807) is 0 Å². The molecule has 4 unspecified atom stereocenters. The molecule has 228 valence electrons. The van der Waals surface area contributed by atoms with E-state index < -0.39 is 0 Å². The van der Waals surface area contributed by atoms with Crippen molar-refractivity contribution in [3.8, 4) is 0 Å². The molecule has 0 aliphatic rings. The Morgan fingerprint density at radius 3 is 1.12 bits per heavy atom. The molecule has 0 fully saturated rings. The summed E-state index contributed by atoms with van der Waals surface area (Å²) in [6.07, 6.45) is 8.24. The molecule has 0 amide bonds. The summed E-state index contributed by atoms with van der Waals surface area (Å²) in [5.74, 6) is 5.14. The topological polar surface area (TPSA) is 99.7 Å². The van der Waals surface area contributed by atoms with Gasteiger partial charge in [0.05, 0.1) is 18.1 Å². The van der Waals surface area contributed by atoms with Crippen LogP contribution in [0.1, 0.15) is 109 Å². The molecule has 2 aromatic rings. The van der Waals surface area contributed by atoms with Crippen molar-refractivity contribution in [1.29, 1.82) is 0 Å². The second-order valence-electron chi connectivity index (χ2n) is 13.3. The molecule has 4 N–H and O–H groups in total. The van der Waals surface area contributed by atoms with E-state index in [1.807, 2.05) is 24.5 Å². The third kappa shape index (κ3) is 17.1. The fraction of sp³-hybridized carbons (Fsp3) is 0.750. The van der Waals surface area contributed by atoms with Gasteiger partial charge in [-0.3, -0.25) is 0 Å². The van der Waals surface area contributed by atoms with E-state index in [-0.39, 0.29) is 0 Å². The standard InChI is InChI=1S/2C16H30N4/c1-11(2)7-13(5)19-15-9-17-16(18-10-15)20-14(6)8-12(3)4;1-11(2)9-13(5)17-15-7-8-16(20-19-15)18-14(6)10-12(3)4/h9-14,19H,7-8H2,1-6H3,(H,17,18,20);7-8,11-14H,9-10H2,1-6H3,(H,17,19)(H,18,20). The SMILES string of the molecule is CC(C)CC(C)Nc1ccc(NC(C)CC(C)C)nn1.CC(C)CC(C)Nc1cnc(NC(C)CC(C)C)nc1. The second kappa shape index (κ2) is 18.7. The zero-order valence-corrected chi connectivity index (χ0v) is 27.5. The molecule has 0 aliphatic carbocycles. The predicted octanol–water partition coefficient (Wildman–Crippen LogP) is 8.34. The van der Waals surface area contributed by atoms with Crippen LogP contribution in [0.15, 0.2) is 24.5 Å². The average Bonchev–Trinajstić information content (AvgIpc) is 2.80. The van der Waals surface area contributed by atoms with Crippen LogP contribution < -0.4 is 21.3 Å². The molecule has 2 aromatic heterocycles. The van der Waals surface area contributed by atoms with Crippen LogP contribution in [0, 0.1) is 23.7 Å². The van der Waals surface area contributed by atoms with Gasteiger partial charge < -0.3 is 21.3 Å². The summed E-state index contributed by atoms with van der Waals surface area (Å²) >= 11 is 0. The van der Waals surface area contributed by atoms with Crippen LogP contribution in [0.3, 0.4) is 0 Å². The Morgan fingerprint density at radius 2 is 0.800 bits per heavy atom. The maximum atomic E-state index is 4.37. The molecule has 0 radical (unpaired) electrons. The summed E-state index contributed by atoms with van der Waals surface area (Å²) in [5.41, 5.74) is 0.986. The first-order valence-corrected chi connectivity index (χ1v) is 15.4. The third-order valence-electron chi connectivity index (χ3n) is 6.19. The fourth-order valence-electron chi connectivity index (χ4n) is 5.04. The van der Waals surface area contributed by atoms with Crippen LogP contribution >= 0.6 is 0 Å². The molecule has 40 heavy (non-hydrogen) atoms. The molecular weight excluding hydrogens is 496 g/mol. The van der Waals surface area contributed by atoms with E-state index >= 15 is 0 Å². The van der Waals surface area contributed by atoms with Crippen LogP contribution in [-0.2, 0) is 0 Å². The van der Waals surface area contributed by atoms with Crippen molar-refractivity contribution in [1.82, 2.24) is 20.2 Å². The van der Waals surface area contributed by atoms with E-state index in [0.29, 0.717) is 53.8 Å². The van der Waals surface area contributed by atoms with Gasteiger partial charge in [-0.2, -0.15) is 0 Å². The van der Waals surface area contributed by atoms with Crippen LogP contribution in [0.2, 0.25) is 0 Å². The molecule has 0 aliphatic heterocycles. The maximum absolute atomic E-state index is 4.37. The summed E-state index contributed by atoms with van der Waals surface area (Å²) in [5, 5.41) is 22.0. The largest absolute Gasteiger partial charge is 0.380 e. The van der Waals surface area contributed by atoms with E-state index in [9.17, 15) is 0 Å². The molecule has 4 atom stereocenters. The first-order chi connectivity index (χ1) is 18.7. The van der Waals surface area contributed by atoms with Crippen molar-refractivity contribution in [2.75, 3.05) is 21.3 Å². The Hall–Kier alpha value is -2.64. The molecule has 0 saturated heterocycles. The van der Waals surface area contributed by atoms with Crippen molar-refractivity contribution < 1.29 is 0 Å². The molecule has 0 bridgehead atoms. The zero-order valence-electron chi connectivity index (χ0n) is 27.5. The Labute approximate surface area is 245 Å². The highest BCUT2D eigenvalue weighted by Gasteiger charge is 2.10. The molecule has 8 heteroatoms. The molecule has 0 spiro atoms. The highest BCUT2D eigenvalue weighted by atomic mass is 15.2. The first-order valence-electron chi connectivity index (χ1n) is 15.4. The summed E-state index contributed by atoms with van der Waals surface area (Å²) in [7, 11) is 0. The highest BCUT2D eigenvalue weighted by molar-refractivity contribution is 5.43.